The van der Waals surface area contributed by atoms with E-state index in [0.29, 0.717) is 18.7 Å². The normalized spacial score (nSPS) is 16.3. The SMILES string of the molecule is CSCCC(NC(=O)c1ccccc1)c1nc2ccccc2n1CC(O)CN1CCCC1. The van der Waals surface area contributed by atoms with Crippen molar-refractivity contribution in [2.45, 2.75) is 38.0 Å². The van der Waals surface area contributed by atoms with Crippen LogP contribution in [0.5, 0.6) is 0 Å². The van der Waals surface area contributed by atoms with Gasteiger partial charge in [-0.1, -0.05) is 30.3 Å². The van der Waals surface area contributed by atoms with Crippen molar-refractivity contribution in [1.82, 2.24) is 19.8 Å². The number of rotatable bonds is 10. The molecule has 0 saturated carbocycles. The first-order valence-electron chi connectivity index (χ1n) is 11.4. The number of likely N-dealkylation sites (tertiary alicyclic amines) is 1. The van der Waals surface area contributed by atoms with Gasteiger partial charge in [-0.05, 0) is 68.6 Å². The van der Waals surface area contributed by atoms with E-state index in [1.54, 1.807) is 11.8 Å². The highest BCUT2D eigenvalue weighted by molar-refractivity contribution is 7.98. The van der Waals surface area contributed by atoms with Gasteiger partial charge in [0.2, 0.25) is 0 Å². The Balaban J connectivity index is 1.62. The third kappa shape index (κ3) is 5.52. The molecule has 2 heterocycles. The second kappa shape index (κ2) is 11.0. The molecule has 32 heavy (non-hydrogen) atoms. The maximum Gasteiger partial charge on any atom is 0.251 e. The summed E-state index contributed by atoms with van der Waals surface area (Å²) in [7, 11) is 0. The van der Waals surface area contributed by atoms with Gasteiger partial charge in [-0.2, -0.15) is 11.8 Å². The van der Waals surface area contributed by atoms with Gasteiger partial charge >= 0.3 is 0 Å². The third-order valence-corrected chi connectivity index (χ3v) is 6.65. The summed E-state index contributed by atoms with van der Waals surface area (Å²) < 4.78 is 2.10. The summed E-state index contributed by atoms with van der Waals surface area (Å²) in [5, 5.41) is 14.1. The number of imidazole rings is 1. The molecule has 1 fully saturated rings. The fraction of sp³-hybridized carbons (Fsp3) is 0.440. The highest BCUT2D eigenvalue weighted by atomic mass is 32.2. The van der Waals surface area contributed by atoms with Gasteiger partial charge < -0.3 is 19.9 Å². The maximum absolute atomic E-state index is 13.0. The topological polar surface area (TPSA) is 70.4 Å². The number of hydrogen-bond donors (Lipinski definition) is 2. The number of benzene rings is 2. The monoisotopic (exact) mass is 452 g/mol. The van der Waals surface area contributed by atoms with Gasteiger partial charge in [-0.3, -0.25) is 4.79 Å². The minimum absolute atomic E-state index is 0.104. The molecule has 4 rings (SSSR count). The van der Waals surface area contributed by atoms with Crippen molar-refractivity contribution in [1.29, 1.82) is 0 Å². The summed E-state index contributed by atoms with van der Waals surface area (Å²) in [5.41, 5.74) is 2.52. The molecule has 2 aromatic carbocycles. The number of nitrogens with zero attached hydrogens (tertiary/aromatic N) is 3. The molecule has 1 aromatic heterocycles. The molecule has 0 aliphatic carbocycles. The minimum atomic E-state index is -0.490. The molecule has 1 amide bonds. The van der Waals surface area contributed by atoms with Crippen molar-refractivity contribution in [2.24, 2.45) is 0 Å². The number of carbonyl (C=O) groups excluding carboxylic acids is 1. The molecule has 1 saturated heterocycles. The molecule has 0 radical (unpaired) electrons. The summed E-state index contributed by atoms with van der Waals surface area (Å²) in [6.45, 7) is 3.23. The molecule has 170 valence electrons. The maximum atomic E-state index is 13.0. The Morgan fingerprint density at radius 2 is 1.81 bits per heavy atom. The van der Waals surface area contributed by atoms with Crippen molar-refractivity contribution in [3.05, 3.63) is 66.0 Å². The number of aromatic nitrogens is 2. The Morgan fingerprint density at radius 1 is 1.09 bits per heavy atom. The fourth-order valence-corrected chi connectivity index (χ4v) is 4.89. The highest BCUT2D eigenvalue weighted by Gasteiger charge is 2.24. The van der Waals surface area contributed by atoms with Crippen molar-refractivity contribution >= 4 is 28.7 Å². The number of amides is 1. The average Bonchev–Trinajstić information content (AvgIpc) is 3.45. The lowest BCUT2D eigenvalue weighted by Gasteiger charge is -2.23. The number of nitrogens with one attached hydrogen (secondary N) is 1. The molecule has 3 aromatic rings. The lowest BCUT2D eigenvalue weighted by Crippen LogP contribution is -2.35. The molecular formula is C25H32N4O2S. The molecule has 2 unspecified atom stereocenters. The van der Waals surface area contributed by atoms with Gasteiger partial charge in [-0.15, -0.1) is 0 Å². The van der Waals surface area contributed by atoms with Gasteiger partial charge in [-0.25, -0.2) is 4.98 Å². The lowest BCUT2D eigenvalue weighted by molar-refractivity contribution is 0.0929. The second-order valence-corrected chi connectivity index (χ2v) is 9.39. The van der Waals surface area contributed by atoms with Crippen LogP contribution in [0.1, 0.15) is 41.5 Å². The Kier molecular flexibility index (Phi) is 7.84. The Bertz CT molecular complexity index is 1020. The molecule has 2 N–H and O–H groups in total. The molecule has 0 bridgehead atoms. The number of carbonyl (C=O) groups is 1. The summed E-state index contributed by atoms with van der Waals surface area (Å²) in [6, 6.07) is 17.1. The Morgan fingerprint density at radius 3 is 2.56 bits per heavy atom. The second-order valence-electron chi connectivity index (χ2n) is 8.40. The van der Waals surface area contributed by atoms with E-state index in [2.05, 4.69) is 21.0 Å². The van der Waals surface area contributed by atoms with E-state index in [-0.39, 0.29) is 11.9 Å². The van der Waals surface area contributed by atoms with Crippen LogP contribution in [-0.4, -0.2) is 63.2 Å². The largest absolute Gasteiger partial charge is 0.390 e. The van der Waals surface area contributed by atoms with Crippen molar-refractivity contribution in [3.8, 4) is 0 Å². The van der Waals surface area contributed by atoms with Crippen LogP contribution in [0.15, 0.2) is 54.6 Å². The van der Waals surface area contributed by atoms with E-state index in [4.69, 9.17) is 4.98 Å². The molecule has 1 aliphatic heterocycles. The van der Waals surface area contributed by atoms with Crippen LogP contribution in [0.3, 0.4) is 0 Å². The van der Waals surface area contributed by atoms with Gasteiger partial charge in [0.25, 0.3) is 5.91 Å². The molecule has 6 nitrogen and oxygen atoms in total. The number of thioether (sulfide) groups is 1. The summed E-state index contributed by atoms with van der Waals surface area (Å²) in [4.78, 5) is 20.2. The van der Waals surface area contributed by atoms with E-state index >= 15 is 0 Å². The number of β-amino-alcohol motifs (C(OH)–C–C–N with tert-alkyl or cyclic N) is 1. The van der Waals surface area contributed by atoms with E-state index in [1.807, 2.05) is 54.6 Å². The molecule has 1 aliphatic rings. The minimum Gasteiger partial charge on any atom is -0.390 e. The van der Waals surface area contributed by atoms with Crippen LogP contribution < -0.4 is 5.32 Å². The Hall–Kier alpha value is -2.35. The van der Waals surface area contributed by atoms with E-state index in [1.165, 1.54) is 12.8 Å². The first kappa shape index (κ1) is 22.8. The van der Waals surface area contributed by atoms with Gasteiger partial charge in [0.15, 0.2) is 0 Å². The van der Waals surface area contributed by atoms with Crippen LogP contribution in [0.25, 0.3) is 11.0 Å². The number of fused-ring (bicyclic) bond motifs is 1. The summed E-state index contributed by atoms with van der Waals surface area (Å²) in [5.74, 6) is 1.61. The number of hydrogen-bond acceptors (Lipinski definition) is 5. The molecule has 2 atom stereocenters. The van der Waals surface area contributed by atoms with Crippen LogP contribution in [0.2, 0.25) is 0 Å². The van der Waals surface area contributed by atoms with Crippen molar-refractivity contribution < 1.29 is 9.90 Å². The van der Waals surface area contributed by atoms with Crippen LogP contribution in [0, 0.1) is 0 Å². The van der Waals surface area contributed by atoms with Crippen LogP contribution in [-0.2, 0) is 6.54 Å². The molecular weight excluding hydrogens is 420 g/mol. The van der Waals surface area contributed by atoms with Gasteiger partial charge in [0.05, 0.1) is 29.7 Å². The average molecular weight is 453 g/mol. The van der Waals surface area contributed by atoms with Crippen molar-refractivity contribution in [3.63, 3.8) is 0 Å². The zero-order valence-electron chi connectivity index (χ0n) is 18.6. The van der Waals surface area contributed by atoms with E-state index in [9.17, 15) is 9.90 Å². The standard InChI is InChI=1S/C25H32N4O2S/c1-32-16-13-22(27-25(31)19-9-3-2-4-10-19)24-26-21-11-5-6-12-23(21)29(24)18-20(30)17-28-14-7-8-15-28/h2-6,9-12,20,22,30H,7-8,13-18H2,1H3,(H,27,31). The third-order valence-electron chi connectivity index (χ3n) is 6.01. The summed E-state index contributed by atoms with van der Waals surface area (Å²) >= 11 is 1.75. The highest BCUT2D eigenvalue weighted by Crippen LogP contribution is 2.25. The number of aliphatic hydroxyl groups excluding tert-OH is 1. The number of aliphatic hydroxyl groups is 1. The van der Waals surface area contributed by atoms with Crippen LogP contribution >= 0.6 is 11.8 Å². The van der Waals surface area contributed by atoms with Crippen molar-refractivity contribution in [2.75, 3.05) is 31.6 Å². The Labute approximate surface area is 194 Å². The predicted octanol–water partition coefficient (Wildman–Crippen LogP) is 3.72. The predicted molar refractivity (Wildman–Crippen MR) is 131 cm³/mol. The number of para-hydroxylation sites is 2. The fourth-order valence-electron chi connectivity index (χ4n) is 4.42. The first-order chi connectivity index (χ1) is 15.7. The van der Waals surface area contributed by atoms with Gasteiger partial charge in [0.1, 0.15) is 5.82 Å². The zero-order valence-corrected chi connectivity index (χ0v) is 19.4. The quantitative estimate of drug-likeness (QED) is 0.491. The van der Waals surface area contributed by atoms with E-state index < -0.39 is 6.10 Å². The first-order valence-corrected chi connectivity index (χ1v) is 12.8. The lowest BCUT2D eigenvalue weighted by atomic mass is 10.1. The van der Waals surface area contributed by atoms with Gasteiger partial charge in [0, 0.05) is 12.1 Å². The smallest absolute Gasteiger partial charge is 0.251 e. The molecule has 7 heteroatoms. The zero-order chi connectivity index (χ0) is 22.3. The van der Waals surface area contributed by atoms with Crippen LogP contribution in [0.4, 0.5) is 0 Å². The van der Waals surface area contributed by atoms with E-state index in [0.717, 1.165) is 42.1 Å². The molecule has 0 spiro atoms. The summed E-state index contributed by atoms with van der Waals surface area (Å²) in [6.07, 6.45) is 4.75.